The van der Waals surface area contributed by atoms with Crippen LogP contribution in [0.3, 0.4) is 0 Å². The van der Waals surface area contributed by atoms with Crippen molar-refractivity contribution in [3.8, 4) is 11.8 Å². The quantitative estimate of drug-likeness (QED) is 0.590. The summed E-state index contributed by atoms with van der Waals surface area (Å²) in [7, 11) is 0. The maximum Gasteiger partial charge on any atom is 0.335 e. The van der Waals surface area contributed by atoms with Crippen LogP contribution in [0, 0.1) is 11.3 Å². The van der Waals surface area contributed by atoms with E-state index in [1.54, 1.807) is 24.3 Å². The first-order chi connectivity index (χ1) is 13.2. The van der Waals surface area contributed by atoms with E-state index in [1.165, 1.54) is 17.5 Å². The second-order valence-electron chi connectivity index (χ2n) is 6.47. The lowest BCUT2D eigenvalue weighted by Crippen LogP contribution is -2.01. The molecule has 0 aliphatic heterocycles. The van der Waals surface area contributed by atoms with Gasteiger partial charge in [0.15, 0.2) is 0 Å². The lowest BCUT2D eigenvalue weighted by Gasteiger charge is -2.15. The second kappa shape index (κ2) is 7.22. The number of carboxylic acid groups (broad SMARTS) is 1. The summed E-state index contributed by atoms with van der Waals surface area (Å²) in [4.78, 5) is 12.3. The number of carbonyl (C=O) groups is 1. The van der Waals surface area contributed by atoms with E-state index in [2.05, 4.69) is 10.8 Å². The van der Waals surface area contributed by atoms with Crippen LogP contribution in [0.15, 0.2) is 65.8 Å². The molecule has 5 nitrogen and oxygen atoms in total. The Hall–Kier alpha value is -3.17. The fourth-order valence-electron chi connectivity index (χ4n) is 3.00. The molecule has 0 saturated heterocycles. The molecule has 1 aromatic heterocycles. The molecule has 1 fully saturated rings. The Kier molecular flexibility index (Phi) is 4.61. The van der Waals surface area contributed by atoms with Crippen LogP contribution < -0.4 is 4.72 Å². The third kappa shape index (κ3) is 3.69. The number of hydrogen-bond acceptors (Lipinski definition) is 4. The minimum Gasteiger partial charge on any atom is -0.478 e. The molecule has 1 heterocycles. The van der Waals surface area contributed by atoms with Crippen molar-refractivity contribution >= 4 is 23.6 Å². The van der Waals surface area contributed by atoms with E-state index in [9.17, 15) is 15.2 Å². The zero-order chi connectivity index (χ0) is 18.8. The van der Waals surface area contributed by atoms with Gasteiger partial charge in [0.2, 0.25) is 0 Å². The fourth-order valence-corrected chi connectivity index (χ4v) is 3.93. The lowest BCUT2D eigenvalue weighted by atomic mass is 10.1. The van der Waals surface area contributed by atoms with Crippen LogP contribution in [-0.4, -0.2) is 15.6 Å². The molecule has 3 aromatic rings. The Morgan fingerprint density at radius 3 is 2.63 bits per heavy atom. The highest BCUT2D eigenvalue weighted by molar-refractivity contribution is 8.00. The molecule has 2 N–H and O–H groups in total. The normalized spacial score (nSPS) is 13.1. The van der Waals surface area contributed by atoms with Crippen LogP contribution in [0.4, 0.5) is 5.69 Å². The summed E-state index contributed by atoms with van der Waals surface area (Å²) < 4.78 is 5.31. The maximum absolute atomic E-state index is 11.3. The third-order valence-electron chi connectivity index (χ3n) is 4.56. The van der Waals surface area contributed by atoms with Crippen molar-refractivity contribution < 1.29 is 9.90 Å². The third-order valence-corrected chi connectivity index (χ3v) is 5.45. The highest BCUT2D eigenvalue weighted by atomic mass is 32.2. The molecule has 134 valence electrons. The van der Waals surface area contributed by atoms with Crippen LogP contribution in [-0.2, 0) is 0 Å². The van der Waals surface area contributed by atoms with Crippen LogP contribution in [0.1, 0.15) is 40.2 Å². The molecular formula is C21H17N3O2S. The van der Waals surface area contributed by atoms with Crippen molar-refractivity contribution in [2.75, 3.05) is 4.72 Å². The van der Waals surface area contributed by atoms with Crippen LogP contribution in [0.25, 0.3) is 5.69 Å². The van der Waals surface area contributed by atoms with Gasteiger partial charge < -0.3 is 14.4 Å². The predicted octanol–water partition coefficient (Wildman–Crippen LogP) is 5.04. The summed E-state index contributed by atoms with van der Waals surface area (Å²) in [5.74, 6) is -0.426. The minimum absolute atomic E-state index is 0.278. The molecule has 1 aliphatic rings. The Bertz CT molecular complexity index is 1030. The summed E-state index contributed by atoms with van der Waals surface area (Å²) in [6.07, 6.45) is 6.16. The molecule has 0 bridgehead atoms. The Morgan fingerprint density at radius 2 is 1.96 bits per heavy atom. The average molecular weight is 375 g/mol. The zero-order valence-corrected chi connectivity index (χ0v) is 15.2. The largest absolute Gasteiger partial charge is 0.478 e. The number of aromatic nitrogens is 1. The summed E-state index contributed by atoms with van der Waals surface area (Å²) >= 11 is 1.39. The van der Waals surface area contributed by atoms with Gasteiger partial charge in [-0.15, -0.1) is 0 Å². The average Bonchev–Trinajstić information content (AvgIpc) is 3.39. The Balaban J connectivity index is 1.66. The standard InChI is InChI=1S/C21H17N3O2S/c22-13-14-3-8-19(24-9-1-2-10-24)18(11-14)23-27-20-12-16(21(25)26)6-7-17(20)15-4-5-15/h1-3,6-12,15,23H,4-5H2,(H,25,26). The number of rotatable bonds is 6. The number of nitrogens with zero attached hydrogens (tertiary/aromatic N) is 2. The highest BCUT2D eigenvalue weighted by Crippen LogP contribution is 2.44. The molecule has 0 spiro atoms. The summed E-state index contributed by atoms with van der Waals surface area (Å²) in [5.41, 5.74) is 3.75. The first kappa shape index (κ1) is 17.3. The fraction of sp³-hybridized carbons (Fsp3) is 0.143. The van der Waals surface area contributed by atoms with E-state index >= 15 is 0 Å². The van der Waals surface area contributed by atoms with Gasteiger partial charge in [0.25, 0.3) is 0 Å². The highest BCUT2D eigenvalue weighted by Gasteiger charge is 2.27. The van der Waals surface area contributed by atoms with Gasteiger partial charge in [-0.25, -0.2) is 4.79 Å². The van der Waals surface area contributed by atoms with Crippen molar-refractivity contribution in [3.63, 3.8) is 0 Å². The van der Waals surface area contributed by atoms with Crippen molar-refractivity contribution in [3.05, 3.63) is 77.6 Å². The summed E-state index contributed by atoms with van der Waals surface area (Å²) in [5, 5.41) is 18.5. The van der Waals surface area contributed by atoms with E-state index in [0.717, 1.165) is 29.1 Å². The monoisotopic (exact) mass is 375 g/mol. The predicted molar refractivity (Wildman–Crippen MR) is 105 cm³/mol. The number of carboxylic acids is 1. The maximum atomic E-state index is 11.3. The summed E-state index contributed by atoms with van der Waals surface area (Å²) in [6.45, 7) is 0. The molecule has 1 aliphatic carbocycles. The van der Waals surface area contributed by atoms with Crippen molar-refractivity contribution in [2.24, 2.45) is 0 Å². The molecule has 0 radical (unpaired) electrons. The van der Waals surface area contributed by atoms with Crippen LogP contribution in [0.5, 0.6) is 0 Å². The van der Waals surface area contributed by atoms with Gasteiger partial charge in [0, 0.05) is 17.3 Å². The van der Waals surface area contributed by atoms with Crippen molar-refractivity contribution in [2.45, 2.75) is 23.7 Å². The number of nitrogens with one attached hydrogen (secondary N) is 1. The molecule has 1 saturated carbocycles. The minimum atomic E-state index is -0.932. The van der Waals surface area contributed by atoms with E-state index in [4.69, 9.17) is 0 Å². The molecule has 0 amide bonds. The molecule has 0 unspecified atom stereocenters. The first-order valence-corrected chi connectivity index (χ1v) is 9.45. The molecule has 6 heteroatoms. The van der Waals surface area contributed by atoms with Crippen molar-refractivity contribution in [1.29, 1.82) is 5.26 Å². The molecule has 2 aromatic carbocycles. The van der Waals surface area contributed by atoms with Crippen LogP contribution in [0.2, 0.25) is 0 Å². The van der Waals surface area contributed by atoms with Gasteiger partial charge >= 0.3 is 5.97 Å². The van der Waals surface area contributed by atoms with Gasteiger partial charge in [0.05, 0.1) is 28.6 Å². The van der Waals surface area contributed by atoms with E-state index < -0.39 is 5.97 Å². The summed E-state index contributed by atoms with van der Waals surface area (Å²) in [6, 6.07) is 16.8. The van der Waals surface area contributed by atoms with E-state index in [1.807, 2.05) is 41.2 Å². The number of nitriles is 1. The topological polar surface area (TPSA) is 78.0 Å². The lowest BCUT2D eigenvalue weighted by molar-refractivity contribution is 0.0696. The van der Waals surface area contributed by atoms with E-state index in [0.29, 0.717) is 11.5 Å². The zero-order valence-electron chi connectivity index (χ0n) is 14.4. The van der Waals surface area contributed by atoms with E-state index in [-0.39, 0.29) is 5.56 Å². The first-order valence-electron chi connectivity index (χ1n) is 8.63. The number of hydrogen-bond donors (Lipinski definition) is 2. The molecule has 27 heavy (non-hydrogen) atoms. The van der Waals surface area contributed by atoms with Gasteiger partial charge in [0.1, 0.15) is 0 Å². The van der Waals surface area contributed by atoms with Gasteiger partial charge in [-0.05, 0) is 78.7 Å². The SMILES string of the molecule is N#Cc1ccc(-n2cccc2)c(NSc2cc(C(=O)O)ccc2C2CC2)c1. The Labute approximate surface area is 161 Å². The second-order valence-corrected chi connectivity index (χ2v) is 7.32. The van der Waals surface area contributed by atoms with Gasteiger partial charge in [-0.2, -0.15) is 5.26 Å². The number of aromatic carboxylic acids is 1. The number of benzene rings is 2. The van der Waals surface area contributed by atoms with Crippen molar-refractivity contribution in [1.82, 2.24) is 4.57 Å². The van der Waals surface area contributed by atoms with Gasteiger partial charge in [-0.3, -0.25) is 0 Å². The smallest absolute Gasteiger partial charge is 0.335 e. The Morgan fingerprint density at radius 1 is 1.19 bits per heavy atom. The van der Waals surface area contributed by atoms with Crippen LogP contribution >= 0.6 is 11.9 Å². The molecular weight excluding hydrogens is 358 g/mol. The number of anilines is 1. The molecule has 0 atom stereocenters. The van der Waals surface area contributed by atoms with Gasteiger partial charge in [-0.1, -0.05) is 6.07 Å². The molecule has 4 rings (SSSR count).